The van der Waals surface area contributed by atoms with Crippen LogP contribution < -0.4 is 10.4 Å². The van der Waals surface area contributed by atoms with Crippen LogP contribution in [0.25, 0.3) is 17.9 Å². The highest BCUT2D eigenvalue weighted by atomic mass is 14.0. The summed E-state index contributed by atoms with van der Waals surface area (Å²) in [5.74, 6) is 6.27. The lowest BCUT2D eigenvalue weighted by atomic mass is 10.1. The summed E-state index contributed by atoms with van der Waals surface area (Å²) in [6, 6.07) is 16.1. The molecule has 1 aliphatic carbocycles. The Kier molecular flexibility index (Phi) is 2.71. The molecule has 82 valence electrons. The highest BCUT2D eigenvalue weighted by molar-refractivity contribution is 5.62. The van der Waals surface area contributed by atoms with Gasteiger partial charge in [0.25, 0.3) is 0 Å². The minimum absolute atomic E-state index is 1.02. The summed E-state index contributed by atoms with van der Waals surface area (Å²) in [4.78, 5) is 0. The Morgan fingerprint density at radius 1 is 0.833 bits per heavy atom. The van der Waals surface area contributed by atoms with Gasteiger partial charge in [-0.1, -0.05) is 59.7 Å². The third-order valence-corrected chi connectivity index (χ3v) is 2.79. The molecule has 0 bridgehead atoms. The number of benzene rings is 2. The molecule has 0 saturated carbocycles. The Morgan fingerprint density at radius 3 is 2.67 bits per heavy atom. The number of hydrogen-bond acceptors (Lipinski definition) is 0. The van der Waals surface area contributed by atoms with Gasteiger partial charge in [-0.05, 0) is 35.1 Å². The lowest BCUT2D eigenvalue weighted by Crippen LogP contribution is -2.21. The summed E-state index contributed by atoms with van der Waals surface area (Å²) in [7, 11) is 0. The average Bonchev–Trinajstić information content (AvgIpc) is 2.43. The van der Waals surface area contributed by atoms with E-state index < -0.39 is 0 Å². The summed E-state index contributed by atoms with van der Waals surface area (Å²) < 4.78 is 0. The molecule has 3 rings (SSSR count). The highest BCUT2D eigenvalue weighted by Crippen LogP contribution is 2.08. The third-order valence-electron chi connectivity index (χ3n) is 2.79. The lowest BCUT2D eigenvalue weighted by molar-refractivity contribution is 1.53. The molecule has 2 aromatic carbocycles. The van der Waals surface area contributed by atoms with E-state index in [4.69, 9.17) is 0 Å². The zero-order valence-corrected chi connectivity index (χ0v) is 9.77. The molecule has 0 radical (unpaired) electrons. The molecule has 0 atom stereocenters. The van der Waals surface area contributed by atoms with Gasteiger partial charge in [0.2, 0.25) is 0 Å². The topological polar surface area (TPSA) is 0 Å². The van der Waals surface area contributed by atoms with Gasteiger partial charge in [0.15, 0.2) is 0 Å². The van der Waals surface area contributed by atoms with E-state index in [9.17, 15) is 0 Å². The maximum Gasteiger partial charge on any atom is 0.0327 e. The van der Waals surface area contributed by atoms with Crippen LogP contribution in [0.2, 0.25) is 0 Å². The monoisotopic (exact) mass is 226 g/mol. The third kappa shape index (κ3) is 2.05. The Morgan fingerprint density at radius 2 is 1.67 bits per heavy atom. The van der Waals surface area contributed by atoms with Crippen LogP contribution in [0.3, 0.4) is 0 Å². The van der Waals surface area contributed by atoms with Gasteiger partial charge in [-0.25, -0.2) is 0 Å². The normalized spacial score (nSPS) is 13.0. The maximum atomic E-state index is 3.17. The van der Waals surface area contributed by atoms with Crippen LogP contribution in [-0.4, -0.2) is 0 Å². The van der Waals surface area contributed by atoms with Crippen molar-refractivity contribution in [2.45, 2.75) is 0 Å². The standard InChI is InChI=1S/C18H10/c1-2-8-16-12-6-14-18-10-4-3-9-17(18)13-5-11-15(16)7-1/h1-4,7-11,14H/b15-11-,18-14?. The van der Waals surface area contributed by atoms with Crippen molar-refractivity contribution in [3.05, 3.63) is 75.8 Å². The van der Waals surface area contributed by atoms with Crippen molar-refractivity contribution in [2.24, 2.45) is 0 Å². The SMILES string of the molecule is C1=C=c2cccc/c2=C/C#Cc2ccccc2C=1. The molecular weight excluding hydrogens is 216 g/mol. The molecule has 0 unspecified atom stereocenters. The quantitative estimate of drug-likeness (QED) is 0.476. The molecule has 0 heterocycles. The van der Waals surface area contributed by atoms with Crippen LogP contribution in [0.15, 0.2) is 54.3 Å². The van der Waals surface area contributed by atoms with Crippen molar-refractivity contribution in [1.82, 2.24) is 0 Å². The van der Waals surface area contributed by atoms with E-state index in [2.05, 4.69) is 23.3 Å². The second-order valence-electron chi connectivity index (χ2n) is 4.00. The number of fused-ring (bicyclic) bond motifs is 2. The first-order chi connectivity index (χ1) is 8.93. The Balaban J connectivity index is 2.41. The fourth-order valence-corrected chi connectivity index (χ4v) is 1.86. The molecule has 0 heteroatoms. The van der Waals surface area contributed by atoms with Crippen LogP contribution in [0.4, 0.5) is 0 Å². The summed E-state index contributed by atoms with van der Waals surface area (Å²) in [6.07, 6.45) is 3.85. The van der Waals surface area contributed by atoms with Gasteiger partial charge in [0, 0.05) is 10.8 Å². The molecule has 0 nitrogen and oxygen atoms in total. The molecule has 0 aliphatic heterocycles. The Labute approximate surface area is 106 Å². The van der Waals surface area contributed by atoms with Gasteiger partial charge in [-0.15, -0.1) is 0 Å². The van der Waals surface area contributed by atoms with Crippen LogP contribution in [0, 0.1) is 11.8 Å². The van der Waals surface area contributed by atoms with E-state index in [-0.39, 0.29) is 0 Å². The molecular formula is C18H10. The molecule has 0 saturated heterocycles. The van der Waals surface area contributed by atoms with Crippen molar-refractivity contribution in [2.75, 3.05) is 0 Å². The van der Waals surface area contributed by atoms with Crippen LogP contribution in [0.5, 0.6) is 0 Å². The van der Waals surface area contributed by atoms with Gasteiger partial charge in [-0.3, -0.25) is 0 Å². The lowest BCUT2D eigenvalue weighted by Gasteiger charge is -1.95. The van der Waals surface area contributed by atoms with E-state index in [1.807, 2.05) is 60.7 Å². The zero-order chi connectivity index (χ0) is 12.2. The summed E-state index contributed by atoms with van der Waals surface area (Å²) in [6.45, 7) is 0. The van der Waals surface area contributed by atoms with E-state index >= 15 is 0 Å². The number of hydrogen-bond donors (Lipinski definition) is 0. The first kappa shape index (κ1) is 10.5. The first-order valence-corrected chi connectivity index (χ1v) is 5.81. The van der Waals surface area contributed by atoms with E-state index in [0.717, 1.165) is 21.6 Å². The molecule has 0 aromatic heterocycles. The van der Waals surface area contributed by atoms with Crippen LogP contribution in [-0.2, 0) is 0 Å². The minimum atomic E-state index is 1.02. The largest absolute Gasteiger partial charge is 0.0689 e. The minimum Gasteiger partial charge on any atom is -0.0689 e. The van der Waals surface area contributed by atoms with Gasteiger partial charge in [0.05, 0.1) is 0 Å². The first-order valence-electron chi connectivity index (χ1n) is 5.81. The fourth-order valence-electron chi connectivity index (χ4n) is 1.86. The van der Waals surface area contributed by atoms with Crippen molar-refractivity contribution in [3.63, 3.8) is 0 Å². The summed E-state index contributed by atoms with van der Waals surface area (Å²) >= 11 is 0. The van der Waals surface area contributed by atoms with Gasteiger partial charge in [0.1, 0.15) is 0 Å². The molecule has 0 fully saturated rings. The van der Waals surface area contributed by atoms with Gasteiger partial charge < -0.3 is 0 Å². The second-order valence-corrected chi connectivity index (χ2v) is 4.00. The van der Waals surface area contributed by atoms with Crippen LogP contribution >= 0.6 is 0 Å². The van der Waals surface area contributed by atoms with Gasteiger partial charge in [-0.2, -0.15) is 0 Å². The second kappa shape index (κ2) is 4.66. The van der Waals surface area contributed by atoms with Gasteiger partial charge >= 0.3 is 0 Å². The summed E-state index contributed by atoms with van der Waals surface area (Å²) in [5.41, 5.74) is 8.36. The van der Waals surface area contributed by atoms with Crippen molar-refractivity contribution in [1.29, 1.82) is 0 Å². The zero-order valence-electron chi connectivity index (χ0n) is 9.77. The smallest absolute Gasteiger partial charge is 0.0327 e. The highest BCUT2D eigenvalue weighted by Gasteiger charge is 1.93. The average molecular weight is 226 g/mol. The predicted octanol–water partition coefficient (Wildman–Crippen LogP) is 2.08. The molecule has 0 amide bonds. The molecule has 0 N–H and O–H groups in total. The van der Waals surface area contributed by atoms with E-state index in [1.54, 1.807) is 0 Å². The predicted molar refractivity (Wildman–Crippen MR) is 74.9 cm³/mol. The molecule has 1 aliphatic rings. The van der Waals surface area contributed by atoms with Crippen molar-refractivity contribution < 1.29 is 0 Å². The van der Waals surface area contributed by atoms with E-state index in [0.29, 0.717) is 0 Å². The fraction of sp³-hybridized carbons (Fsp3) is 0. The maximum absolute atomic E-state index is 3.17. The number of rotatable bonds is 0. The molecule has 0 spiro atoms. The van der Waals surface area contributed by atoms with Crippen LogP contribution in [0.1, 0.15) is 11.1 Å². The molecule has 2 aromatic rings. The van der Waals surface area contributed by atoms with Crippen molar-refractivity contribution >= 4 is 17.9 Å². The summed E-state index contributed by atoms with van der Waals surface area (Å²) in [5, 5.41) is 2.09. The van der Waals surface area contributed by atoms with E-state index in [1.165, 1.54) is 0 Å². The Bertz CT molecular complexity index is 845. The molecule has 18 heavy (non-hydrogen) atoms. The van der Waals surface area contributed by atoms with Crippen molar-refractivity contribution in [3.8, 4) is 11.8 Å². The Hall–Kier alpha value is -2.70.